The zero-order valence-corrected chi connectivity index (χ0v) is 13.9. The van der Waals surface area contributed by atoms with Crippen molar-refractivity contribution in [3.8, 4) is 0 Å². The average Bonchev–Trinajstić information content (AvgIpc) is 2.79. The highest BCUT2D eigenvalue weighted by atomic mass is 16.6. The molecule has 0 aromatic heterocycles. The summed E-state index contributed by atoms with van der Waals surface area (Å²) in [5.74, 6) is -0.548. The fourth-order valence-corrected chi connectivity index (χ4v) is 2.24. The van der Waals surface area contributed by atoms with E-state index in [2.05, 4.69) is 10.1 Å². The second kappa shape index (κ2) is 7.75. The first-order valence-electron chi connectivity index (χ1n) is 6.99. The third-order valence-corrected chi connectivity index (χ3v) is 3.13. The van der Waals surface area contributed by atoms with Gasteiger partial charge in [-0.2, -0.15) is 0 Å². The number of hydrogen-bond donors (Lipinski definition) is 1. The van der Waals surface area contributed by atoms with E-state index >= 15 is 0 Å². The number of ether oxygens (including phenoxy) is 5. The number of amides is 1. The standard InChI is InChI=1S/C14H25NO7/c1-14(2,3)22-13(17)15-7-8-9(18-4)10(19-5)11(21-8)12(16)20-6/h8-11H,7H2,1-6H3,(H,15,17)/t8-,9-,10+,11-/m1/s1. The highest BCUT2D eigenvalue weighted by Crippen LogP contribution is 2.26. The molecule has 0 spiro atoms. The molecule has 0 bridgehead atoms. The minimum absolute atomic E-state index is 0.126. The average molecular weight is 319 g/mol. The van der Waals surface area contributed by atoms with Crippen molar-refractivity contribution < 1.29 is 33.3 Å². The van der Waals surface area contributed by atoms with Crippen molar-refractivity contribution in [2.45, 2.75) is 50.8 Å². The first kappa shape index (κ1) is 18.7. The van der Waals surface area contributed by atoms with Gasteiger partial charge in [-0.15, -0.1) is 0 Å². The van der Waals surface area contributed by atoms with Crippen molar-refractivity contribution in [3.63, 3.8) is 0 Å². The van der Waals surface area contributed by atoms with Gasteiger partial charge in [-0.3, -0.25) is 0 Å². The van der Waals surface area contributed by atoms with E-state index in [1.54, 1.807) is 20.8 Å². The maximum atomic E-state index is 11.7. The Morgan fingerprint density at radius 2 is 1.68 bits per heavy atom. The smallest absolute Gasteiger partial charge is 0.407 e. The van der Waals surface area contributed by atoms with Crippen LogP contribution in [0.5, 0.6) is 0 Å². The van der Waals surface area contributed by atoms with Crippen LogP contribution in [-0.2, 0) is 28.5 Å². The van der Waals surface area contributed by atoms with Crippen molar-refractivity contribution >= 4 is 12.1 Å². The molecule has 4 atom stereocenters. The Bertz CT molecular complexity index is 393. The Hall–Kier alpha value is -1.38. The molecule has 8 nitrogen and oxygen atoms in total. The number of methoxy groups -OCH3 is 3. The van der Waals surface area contributed by atoms with E-state index in [0.717, 1.165) is 0 Å². The number of rotatable bonds is 5. The van der Waals surface area contributed by atoms with Gasteiger partial charge in [-0.05, 0) is 20.8 Å². The quantitative estimate of drug-likeness (QED) is 0.737. The third-order valence-electron chi connectivity index (χ3n) is 3.13. The van der Waals surface area contributed by atoms with Crippen molar-refractivity contribution in [3.05, 3.63) is 0 Å². The van der Waals surface area contributed by atoms with E-state index in [-0.39, 0.29) is 6.54 Å². The van der Waals surface area contributed by atoms with Crippen molar-refractivity contribution in [2.75, 3.05) is 27.9 Å². The van der Waals surface area contributed by atoms with Crippen LogP contribution in [0.25, 0.3) is 0 Å². The van der Waals surface area contributed by atoms with Crippen LogP contribution in [0.15, 0.2) is 0 Å². The van der Waals surface area contributed by atoms with Crippen LogP contribution in [0, 0.1) is 0 Å². The van der Waals surface area contributed by atoms with Gasteiger partial charge in [0.15, 0.2) is 6.10 Å². The molecular weight excluding hydrogens is 294 g/mol. The predicted molar refractivity (Wildman–Crippen MR) is 76.5 cm³/mol. The van der Waals surface area contributed by atoms with Crippen molar-refractivity contribution in [1.82, 2.24) is 5.32 Å². The first-order valence-corrected chi connectivity index (χ1v) is 6.99. The molecule has 1 rings (SSSR count). The Kier molecular flexibility index (Phi) is 6.58. The summed E-state index contributed by atoms with van der Waals surface area (Å²) in [6.45, 7) is 5.43. The molecule has 1 amide bonds. The molecular formula is C14H25NO7. The van der Waals surface area contributed by atoms with Gasteiger partial charge in [0.2, 0.25) is 0 Å². The van der Waals surface area contributed by atoms with Crippen LogP contribution < -0.4 is 5.32 Å². The van der Waals surface area contributed by atoms with Gasteiger partial charge in [-0.25, -0.2) is 9.59 Å². The number of carbonyl (C=O) groups excluding carboxylic acids is 2. The maximum Gasteiger partial charge on any atom is 0.407 e. The molecule has 1 saturated heterocycles. The summed E-state index contributed by atoms with van der Waals surface area (Å²) in [6, 6.07) is 0. The number of alkyl carbamates (subject to hydrolysis) is 1. The number of carbonyl (C=O) groups is 2. The highest BCUT2D eigenvalue weighted by molar-refractivity contribution is 5.76. The minimum Gasteiger partial charge on any atom is -0.467 e. The van der Waals surface area contributed by atoms with Gasteiger partial charge in [0, 0.05) is 20.8 Å². The Balaban J connectivity index is 2.66. The molecule has 128 valence electrons. The topological polar surface area (TPSA) is 92.3 Å². The Morgan fingerprint density at radius 3 is 2.14 bits per heavy atom. The Morgan fingerprint density at radius 1 is 1.09 bits per heavy atom. The van der Waals surface area contributed by atoms with E-state index in [4.69, 9.17) is 18.9 Å². The zero-order valence-electron chi connectivity index (χ0n) is 13.9. The van der Waals surface area contributed by atoms with Gasteiger partial charge in [-0.1, -0.05) is 0 Å². The summed E-state index contributed by atoms with van der Waals surface area (Å²) in [5.41, 5.74) is -0.592. The van der Waals surface area contributed by atoms with Crippen molar-refractivity contribution in [2.24, 2.45) is 0 Å². The van der Waals surface area contributed by atoms with E-state index in [1.165, 1.54) is 21.3 Å². The monoisotopic (exact) mass is 319 g/mol. The number of esters is 1. The normalized spacial score (nSPS) is 28.3. The van der Waals surface area contributed by atoms with Gasteiger partial charge in [0.25, 0.3) is 0 Å². The molecule has 0 aromatic rings. The first-order chi connectivity index (χ1) is 10.2. The zero-order chi connectivity index (χ0) is 16.9. The predicted octanol–water partition coefficient (Wildman–Crippen LogP) is 0.482. The molecule has 1 fully saturated rings. The van der Waals surface area contributed by atoms with Crippen LogP contribution in [0.1, 0.15) is 20.8 Å². The highest BCUT2D eigenvalue weighted by Gasteiger charge is 2.49. The second-order valence-corrected chi connectivity index (χ2v) is 5.90. The minimum atomic E-state index is -0.898. The molecule has 22 heavy (non-hydrogen) atoms. The summed E-state index contributed by atoms with van der Waals surface area (Å²) in [6.07, 6.45) is -3.13. The summed E-state index contributed by atoms with van der Waals surface area (Å²) in [4.78, 5) is 23.4. The molecule has 1 aliphatic heterocycles. The van der Waals surface area contributed by atoms with E-state index in [1.807, 2.05) is 0 Å². The molecule has 1 aliphatic rings. The number of nitrogens with one attached hydrogen (secondary N) is 1. The van der Waals surface area contributed by atoms with Crippen LogP contribution >= 0.6 is 0 Å². The van der Waals surface area contributed by atoms with Gasteiger partial charge in [0.05, 0.1) is 7.11 Å². The lowest BCUT2D eigenvalue weighted by molar-refractivity contribution is -0.158. The molecule has 0 radical (unpaired) electrons. The van der Waals surface area contributed by atoms with Crippen molar-refractivity contribution in [1.29, 1.82) is 0 Å². The van der Waals surface area contributed by atoms with Crippen LogP contribution in [0.2, 0.25) is 0 Å². The molecule has 1 N–H and O–H groups in total. The molecule has 1 heterocycles. The third kappa shape index (κ3) is 4.82. The van der Waals surface area contributed by atoms with E-state index in [0.29, 0.717) is 0 Å². The summed E-state index contributed by atoms with van der Waals surface area (Å²) < 4.78 is 26.0. The lowest BCUT2D eigenvalue weighted by atomic mass is 10.1. The van der Waals surface area contributed by atoms with Crippen LogP contribution in [-0.4, -0.2) is 70.0 Å². The van der Waals surface area contributed by atoms with E-state index in [9.17, 15) is 9.59 Å². The van der Waals surface area contributed by atoms with E-state index < -0.39 is 42.1 Å². The maximum absolute atomic E-state index is 11.7. The second-order valence-electron chi connectivity index (χ2n) is 5.90. The summed E-state index contributed by atoms with van der Waals surface area (Å²) in [5, 5.41) is 2.59. The summed E-state index contributed by atoms with van der Waals surface area (Å²) in [7, 11) is 4.21. The molecule has 0 aliphatic carbocycles. The molecule has 0 saturated carbocycles. The lowest BCUT2D eigenvalue weighted by Gasteiger charge is -2.23. The fraction of sp³-hybridized carbons (Fsp3) is 0.857. The summed E-state index contributed by atoms with van der Waals surface area (Å²) >= 11 is 0. The lowest BCUT2D eigenvalue weighted by Crippen LogP contribution is -2.43. The molecule has 8 heteroatoms. The van der Waals surface area contributed by atoms with Crippen LogP contribution in [0.4, 0.5) is 4.79 Å². The number of hydrogen-bond acceptors (Lipinski definition) is 7. The SMILES string of the molecule is COC(=O)[C@@H]1O[C@H](CNC(=O)OC(C)(C)C)[C@@H](OC)[C@@H]1OC. The van der Waals surface area contributed by atoms with Gasteiger partial charge in [0.1, 0.15) is 23.9 Å². The molecule has 0 aromatic carbocycles. The molecule has 0 unspecified atom stereocenters. The largest absolute Gasteiger partial charge is 0.467 e. The van der Waals surface area contributed by atoms with Crippen LogP contribution in [0.3, 0.4) is 0 Å². The van der Waals surface area contributed by atoms with Gasteiger partial charge < -0.3 is 29.0 Å². The fourth-order valence-electron chi connectivity index (χ4n) is 2.24. The van der Waals surface area contributed by atoms with Gasteiger partial charge >= 0.3 is 12.1 Å². The Labute approximate surface area is 130 Å².